The number of fused-ring (bicyclic) bond motifs is 1. The third-order valence-electron chi connectivity index (χ3n) is 3.34. The lowest BCUT2D eigenvalue weighted by atomic mass is 10.1. The topological polar surface area (TPSA) is 38.7 Å². The minimum Gasteiger partial charge on any atom is -0.264 e. The summed E-state index contributed by atoms with van der Waals surface area (Å²) < 4.78 is 1.04. The van der Waals surface area contributed by atoms with E-state index in [1.807, 2.05) is 48.8 Å². The summed E-state index contributed by atoms with van der Waals surface area (Å²) in [5, 5.41) is 1.65. The molecular weight excluding hydrogens is 314 g/mol. The second-order valence-electron chi connectivity index (χ2n) is 4.79. The van der Waals surface area contributed by atoms with Crippen LogP contribution in [-0.2, 0) is 0 Å². The number of thiazole rings is 1. The molecule has 5 heteroatoms. The standard InChI is InChI=1S/C17H10ClN3S/c18-14-6-2-1-5-13(14)12-8-15-16(20-10-12)21-17(22-15)11-4-3-7-19-9-11/h1-10H. The molecule has 0 saturated carbocycles. The molecule has 0 aliphatic heterocycles. The highest BCUT2D eigenvalue weighted by molar-refractivity contribution is 7.21. The van der Waals surface area contributed by atoms with Gasteiger partial charge in [-0.2, -0.15) is 0 Å². The van der Waals surface area contributed by atoms with Gasteiger partial charge in [0.25, 0.3) is 0 Å². The molecule has 4 aromatic rings. The van der Waals surface area contributed by atoms with Crippen molar-refractivity contribution in [2.45, 2.75) is 0 Å². The maximum Gasteiger partial charge on any atom is 0.170 e. The van der Waals surface area contributed by atoms with E-state index in [0.29, 0.717) is 0 Å². The van der Waals surface area contributed by atoms with Crippen LogP contribution in [-0.4, -0.2) is 15.0 Å². The molecule has 0 aliphatic rings. The molecule has 4 rings (SSSR count). The van der Waals surface area contributed by atoms with Gasteiger partial charge in [0.05, 0.1) is 4.70 Å². The van der Waals surface area contributed by atoms with Crippen molar-refractivity contribution in [1.82, 2.24) is 15.0 Å². The Hall–Kier alpha value is -2.30. The largest absolute Gasteiger partial charge is 0.264 e. The zero-order valence-corrected chi connectivity index (χ0v) is 13.0. The first-order chi connectivity index (χ1) is 10.8. The molecule has 0 fully saturated rings. The average Bonchev–Trinajstić information content (AvgIpc) is 2.99. The van der Waals surface area contributed by atoms with Crippen molar-refractivity contribution in [1.29, 1.82) is 0 Å². The quantitative estimate of drug-likeness (QED) is 0.516. The second-order valence-corrected chi connectivity index (χ2v) is 6.22. The van der Waals surface area contributed by atoms with E-state index in [4.69, 9.17) is 11.6 Å². The molecule has 0 bridgehead atoms. The number of hydrogen-bond acceptors (Lipinski definition) is 4. The van der Waals surface area contributed by atoms with Crippen LogP contribution in [0.4, 0.5) is 0 Å². The third-order valence-corrected chi connectivity index (χ3v) is 4.71. The molecule has 106 valence electrons. The van der Waals surface area contributed by atoms with Gasteiger partial charge in [0.1, 0.15) is 5.01 Å². The molecular formula is C17H10ClN3S. The monoisotopic (exact) mass is 323 g/mol. The number of aromatic nitrogens is 3. The number of hydrogen-bond donors (Lipinski definition) is 0. The Balaban J connectivity index is 1.84. The van der Waals surface area contributed by atoms with Gasteiger partial charge in [-0.3, -0.25) is 4.98 Å². The molecule has 0 amide bonds. The minimum atomic E-state index is 0.723. The van der Waals surface area contributed by atoms with E-state index in [9.17, 15) is 0 Å². The van der Waals surface area contributed by atoms with E-state index in [1.54, 1.807) is 17.5 Å². The van der Waals surface area contributed by atoms with Crippen LogP contribution < -0.4 is 0 Å². The second kappa shape index (κ2) is 5.48. The molecule has 0 aliphatic carbocycles. The molecule has 22 heavy (non-hydrogen) atoms. The molecule has 1 aromatic carbocycles. The van der Waals surface area contributed by atoms with E-state index < -0.39 is 0 Å². The molecule has 0 radical (unpaired) electrons. The van der Waals surface area contributed by atoms with Gasteiger partial charge in [0, 0.05) is 40.3 Å². The summed E-state index contributed by atoms with van der Waals surface area (Å²) in [5.41, 5.74) is 3.74. The highest BCUT2D eigenvalue weighted by atomic mass is 35.5. The summed E-state index contributed by atoms with van der Waals surface area (Å²) in [6.45, 7) is 0. The molecule has 0 spiro atoms. The van der Waals surface area contributed by atoms with Gasteiger partial charge in [-0.05, 0) is 24.3 Å². The number of halogens is 1. The van der Waals surface area contributed by atoms with Crippen LogP contribution in [0.25, 0.3) is 32.0 Å². The highest BCUT2D eigenvalue weighted by Gasteiger charge is 2.10. The highest BCUT2D eigenvalue weighted by Crippen LogP contribution is 2.33. The van der Waals surface area contributed by atoms with Crippen molar-refractivity contribution in [3.05, 3.63) is 66.1 Å². The van der Waals surface area contributed by atoms with Crippen molar-refractivity contribution in [3.8, 4) is 21.7 Å². The van der Waals surface area contributed by atoms with Gasteiger partial charge in [0.15, 0.2) is 5.65 Å². The van der Waals surface area contributed by atoms with Crippen LogP contribution in [0.2, 0.25) is 5.02 Å². The average molecular weight is 324 g/mol. The van der Waals surface area contributed by atoms with Crippen molar-refractivity contribution >= 4 is 33.3 Å². The number of pyridine rings is 2. The van der Waals surface area contributed by atoms with Crippen LogP contribution in [0.1, 0.15) is 0 Å². The van der Waals surface area contributed by atoms with E-state index in [2.05, 4.69) is 21.0 Å². The van der Waals surface area contributed by atoms with Crippen molar-refractivity contribution in [2.24, 2.45) is 0 Å². The van der Waals surface area contributed by atoms with Gasteiger partial charge in [-0.15, -0.1) is 11.3 Å². The van der Waals surface area contributed by atoms with Crippen LogP contribution in [0.5, 0.6) is 0 Å². The fraction of sp³-hybridized carbons (Fsp3) is 0. The number of benzene rings is 1. The van der Waals surface area contributed by atoms with Gasteiger partial charge >= 0.3 is 0 Å². The predicted octanol–water partition coefficient (Wildman–Crippen LogP) is 5.07. The Kier molecular flexibility index (Phi) is 3.33. The molecule has 0 unspecified atom stereocenters. The molecule has 0 atom stereocenters. The zero-order chi connectivity index (χ0) is 14.9. The van der Waals surface area contributed by atoms with Crippen LogP contribution >= 0.6 is 22.9 Å². The van der Waals surface area contributed by atoms with Crippen molar-refractivity contribution in [3.63, 3.8) is 0 Å². The summed E-state index contributed by atoms with van der Waals surface area (Å²) in [6, 6.07) is 13.8. The minimum absolute atomic E-state index is 0.723. The summed E-state index contributed by atoms with van der Waals surface area (Å²) in [6.07, 6.45) is 5.38. The van der Waals surface area contributed by atoms with Crippen LogP contribution in [0, 0.1) is 0 Å². The smallest absolute Gasteiger partial charge is 0.170 e. The Morgan fingerprint density at radius 3 is 2.68 bits per heavy atom. The van der Waals surface area contributed by atoms with Gasteiger partial charge in [-0.25, -0.2) is 9.97 Å². The molecule has 3 aromatic heterocycles. The lowest BCUT2D eigenvalue weighted by Crippen LogP contribution is -1.82. The fourth-order valence-electron chi connectivity index (χ4n) is 2.27. The predicted molar refractivity (Wildman–Crippen MR) is 91.1 cm³/mol. The normalized spacial score (nSPS) is 11.0. The van der Waals surface area contributed by atoms with E-state index in [1.165, 1.54) is 0 Å². The van der Waals surface area contributed by atoms with Crippen molar-refractivity contribution < 1.29 is 0 Å². The first-order valence-electron chi connectivity index (χ1n) is 6.73. The van der Waals surface area contributed by atoms with Crippen LogP contribution in [0.15, 0.2) is 61.1 Å². The van der Waals surface area contributed by atoms with Gasteiger partial charge in [0.2, 0.25) is 0 Å². The number of nitrogens with zero attached hydrogens (tertiary/aromatic N) is 3. The molecule has 3 nitrogen and oxygen atoms in total. The Bertz CT molecular complexity index is 950. The Labute approximate surface area is 136 Å². The molecule has 3 heterocycles. The van der Waals surface area contributed by atoms with E-state index >= 15 is 0 Å². The summed E-state index contributed by atoms with van der Waals surface area (Å²) in [7, 11) is 0. The van der Waals surface area contributed by atoms with Crippen LogP contribution in [0.3, 0.4) is 0 Å². The van der Waals surface area contributed by atoms with E-state index in [0.717, 1.165) is 37.1 Å². The van der Waals surface area contributed by atoms with Crippen molar-refractivity contribution in [2.75, 3.05) is 0 Å². The summed E-state index contributed by atoms with van der Waals surface area (Å²) in [5.74, 6) is 0. The number of rotatable bonds is 2. The third kappa shape index (κ3) is 2.36. The van der Waals surface area contributed by atoms with Gasteiger partial charge in [-0.1, -0.05) is 29.8 Å². The molecule has 0 saturated heterocycles. The maximum atomic E-state index is 6.26. The first kappa shape index (κ1) is 13.4. The SMILES string of the molecule is Clc1ccccc1-c1cnc2nc(-c3cccnc3)sc2c1. The summed E-state index contributed by atoms with van der Waals surface area (Å²) in [4.78, 5) is 13.2. The fourth-order valence-corrected chi connectivity index (χ4v) is 3.47. The first-order valence-corrected chi connectivity index (χ1v) is 7.92. The lowest BCUT2D eigenvalue weighted by Gasteiger charge is -2.02. The lowest BCUT2D eigenvalue weighted by molar-refractivity contribution is 1.30. The Morgan fingerprint density at radius 1 is 0.955 bits per heavy atom. The summed E-state index contributed by atoms with van der Waals surface area (Å²) >= 11 is 7.87. The Morgan fingerprint density at radius 2 is 1.86 bits per heavy atom. The zero-order valence-electron chi connectivity index (χ0n) is 11.4. The van der Waals surface area contributed by atoms with Gasteiger partial charge < -0.3 is 0 Å². The maximum absolute atomic E-state index is 6.26. The van der Waals surface area contributed by atoms with E-state index in [-0.39, 0.29) is 0 Å². The molecule has 0 N–H and O–H groups in total.